The van der Waals surface area contributed by atoms with Crippen molar-refractivity contribution in [2.45, 2.75) is 52.6 Å². The van der Waals surface area contributed by atoms with Crippen LogP contribution in [0.5, 0.6) is 0 Å². The lowest BCUT2D eigenvalue weighted by molar-refractivity contribution is -0.153. The summed E-state index contributed by atoms with van der Waals surface area (Å²) in [5.41, 5.74) is 1.65. The molecule has 0 aromatic heterocycles. The van der Waals surface area contributed by atoms with Gasteiger partial charge in [0, 0.05) is 5.02 Å². The van der Waals surface area contributed by atoms with Gasteiger partial charge in [-0.25, -0.2) is 0 Å². The zero-order valence-corrected chi connectivity index (χ0v) is 12.5. The van der Waals surface area contributed by atoms with Crippen LogP contribution in [-0.4, -0.2) is 11.6 Å². The van der Waals surface area contributed by atoms with Gasteiger partial charge in [0.25, 0.3) is 0 Å². The highest BCUT2D eigenvalue weighted by Gasteiger charge is 2.18. The van der Waals surface area contributed by atoms with E-state index in [9.17, 15) is 4.79 Å². The largest absolute Gasteiger partial charge is 0.460 e. The van der Waals surface area contributed by atoms with Crippen LogP contribution in [0.4, 0.5) is 0 Å². The zero-order valence-electron chi connectivity index (χ0n) is 11.7. The molecule has 1 aromatic rings. The van der Waals surface area contributed by atoms with Crippen LogP contribution < -0.4 is 0 Å². The number of carbonyl (C=O) groups is 1. The van der Waals surface area contributed by atoms with Crippen molar-refractivity contribution < 1.29 is 9.53 Å². The maximum Gasteiger partial charge on any atom is 0.310 e. The zero-order chi connectivity index (χ0) is 13.9. The molecular weight excluding hydrogens is 248 g/mol. The number of carbonyl (C=O) groups excluding carboxylic acids is 1. The van der Waals surface area contributed by atoms with Crippen molar-refractivity contribution in [2.24, 2.45) is 0 Å². The third-order valence-electron chi connectivity index (χ3n) is 2.48. The Bertz CT molecular complexity index is 431. The number of halogens is 1. The maximum atomic E-state index is 11.8. The number of benzene rings is 1. The van der Waals surface area contributed by atoms with Crippen LogP contribution >= 0.6 is 11.6 Å². The molecular formula is C15H21ClO2. The molecule has 0 amide bonds. The van der Waals surface area contributed by atoms with E-state index in [-0.39, 0.29) is 5.97 Å². The van der Waals surface area contributed by atoms with Gasteiger partial charge >= 0.3 is 5.97 Å². The smallest absolute Gasteiger partial charge is 0.310 e. The lowest BCUT2D eigenvalue weighted by Crippen LogP contribution is -2.25. The van der Waals surface area contributed by atoms with Crippen LogP contribution in [0.25, 0.3) is 0 Å². The summed E-state index contributed by atoms with van der Waals surface area (Å²) in [6.07, 6.45) is 0.294. The molecule has 2 nitrogen and oxygen atoms in total. The lowest BCUT2D eigenvalue weighted by Gasteiger charge is -2.20. The molecule has 0 saturated carbocycles. The van der Waals surface area contributed by atoms with E-state index in [4.69, 9.17) is 16.3 Å². The quantitative estimate of drug-likeness (QED) is 0.762. The molecule has 0 unspecified atom stereocenters. The second-order valence-electron chi connectivity index (χ2n) is 5.76. The first-order chi connectivity index (χ1) is 8.19. The maximum absolute atomic E-state index is 11.8. The Morgan fingerprint density at radius 1 is 1.33 bits per heavy atom. The minimum atomic E-state index is -0.443. The van der Waals surface area contributed by atoms with Crippen LogP contribution in [0, 0.1) is 0 Å². The van der Waals surface area contributed by atoms with Gasteiger partial charge in [0.15, 0.2) is 0 Å². The number of hydrogen-bond acceptors (Lipinski definition) is 2. The van der Waals surface area contributed by atoms with Crippen molar-refractivity contribution in [3.63, 3.8) is 0 Å². The summed E-state index contributed by atoms with van der Waals surface area (Å²) in [4.78, 5) is 11.8. The molecule has 0 aliphatic rings. The predicted molar refractivity (Wildman–Crippen MR) is 75.1 cm³/mol. The molecule has 0 spiro atoms. The van der Waals surface area contributed by atoms with E-state index in [1.165, 1.54) is 0 Å². The molecule has 0 atom stereocenters. The molecule has 0 N–H and O–H groups in total. The van der Waals surface area contributed by atoms with E-state index < -0.39 is 5.60 Å². The van der Waals surface area contributed by atoms with Crippen molar-refractivity contribution in [3.05, 3.63) is 34.3 Å². The molecule has 1 aromatic carbocycles. The fourth-order valence-electron chi connectivity index (χ4n) is 1.80. The lowest BCUT2D eigenvalue weighted by atomic mass is 9.95. The summed E-state index contributed by atoms with van der Waals surface area (Å²) < 4.78 is 5.33. The third kappa shape index (κ3) is 4.69. The van der Waals surface area contributed by atoms with Crippen molar-refractivity contribution in [1.29, 1.82) is 0 Å². The summed E-state index contributed by atoms with van der Waals surface area (Å²) in [7, 11) is 0. The summed E-state index contributed by atoms with van der Waals surface area (Å²) in [6, 6.07) is 5.64. The van der Waals surface area contributed by atoms with E-state index in [1.54, 1.807) is 0 Å². The summed E-state index contributed by atoms with van der Waals surface area (Å²) in [5, 5.41) is 0.701. The monoisotopic (exact) mass is 268 g/mol. The summed E-state index contributed by atoms with van der Waals surface area (Å²) in [5.74, 6) is 0.132. The van der Waals surface area contributed by atoms with Gasteiger partial charge in [0.2, 0.25) is 0 Å². The van der Waals surface area contributed by atoms with Gasteiger partial charge in [-0.2, -0.15) is 0 Å². The first-order valence-corrected chi connectivity index (χ1v) is 6.57. The van der Waals surface area contributed by atoms with Gasteiger partial charge in [-0.15, -0.1) is 0 Å². The molecule has 100 valence electrons. The van der Waals surface area contributed by atoms with Crippen molar-refractivity contribution >= 4 is 17.6 Å². The highest BCUT2D eigenvalue weighted by molar-refractivity contribution is 6.30. The van der Waals surface area contributed by atoms with E-state index in [2.05, 4.69) is 13.8 Å². The molecule has 3 heteroatoms. The van der Waals surface area contributed by atoms with Crippen LogP contribution in [0.1, 0.15) is 51.7 Å². The Morgan fingerprint density at radius 2 is 1.94 bits per heavy atom. The average Bonchev–Trinajstić information content (AvgIpc) is 2.17. The van der Waals surface area contributed by atoms with Crippen molar-refractivity contribution in [3.8, 4) is 0 Å². The topological polar surface area (TPSA) is 26.3 Å². The van der Waals surface area contributed by atoms with E-state index in [0.717, 1.165) is 11.1 Å². The fourth-order valence-corrected chi connectivity index (χ4v) is 1.98. The Balaban J connectivity index is 2.88. The van der Waals surface area contributed by atoms with Crippen molar-refractivity contribution in [2.75, 3.05) is 0 Å². The number of hydrogen-bond donors (Lipinski definition) is 0. The van der Waals surface area contributed by atoms with E-state index in [1.807, 2.05) is 39.0 Å². The SMILES string of the molecule is CC(C)c1cc(Cl)ccc1CC(=O)OC(C)(C)C. The molecule has 0 saturated heterocycles. The highest BCUT2D eigenvalue weighted by atomic mass is 35.5. The fraction of sp³-hybridized carbons (Fsp3) is 0.533. The molecule has 0 fully saturated rings. The number of rotatable bonds is 3. The summed E-state index contributed by atoms with van der Waals surface area (Å²) in [6.45, 7) is 9.79. The first kappa shape index (κ1) is 15.0. The number of esters is 1. The molecule has 0 aliphatic carbocycles. The van der Waals surface area contributed by atoms with Gasteiger partial charge in [0.1, 0.15) is 5.60 Å². The Kier molecular flexibility index (Phi) is 4.80. The predicted octanol–water partition coefficient (Wildman–Crippen LogP) is 4.35. The molecule has 0 bridgehead atoms. The average molecular weight is 269 g/mol. The van der Waals surface area contributed by atoms with Gasteiger partial charge in [-0.05, 0) is 49.9 Å². The molecule has 0 radical (unpaired) electrons. The third-order valence-corrected chi connectivity index (χ3v) is 2.72. The van der Waals surface area contributed by atoms with Crippen LogP contribution in [0.3, 0.4) is 0 Å². The van der Waals surface area contributed by atoms with E-state index in [0.29, 0.717) is 17.4 Å². The van der Waals surface area contributed by atoms with Crippen molar-refractivity contribution in [1.82, 2.24) is 0 Å². The molecule has 1 rings (SSSR count). The van der Waals surface area contributed by atoms with Crippen LogP contribution in [0.15, 0.2) is 18.2 Å². The van der Waals surface area contributed by atoms with E-state index >= 15 is 0 Å². The first-order valence-electron chi connectivity index (χ1n) is 6.19. The Morgan fingerprint density at radius 3 is 2.44 bits per heavy atom. The molecule has 0 aliphatic heterocycles. The molecule has 18 heavy (non-hydrogen) atoms. The Labute approximate surface area is 114 Å². The Hall–Kier alpha value is -1.02. The van der Waals surface area contributed by atoms with Gasteiger partial charge < -0.3 is 4.74 Å². The normalized spacial score (nSPS) is 11.7. The minimum absolute atomic E-state index is 0.202. The van der Waals surface area contributed by atoms with Gasteiger partial charge in [0.05, 0.1) is 6.42 Å². The van der Waals surface area contributed by atoms with Crippen LogP contribution in [-0.2, 0) is 16.0 Å². The van der Waals surface area contributed by atoms with Gasteiger partial charge in [-0.3, -0.25) is 4.79 Å². The second kappa shape index (κ2) is 5.75. The van der Waals surface area contributed by atoms with Crippen LogP contribution in [0.2, 0.25) is 5.02 Å². The minimum Gasteiger partial charge on any atom is -0.460 e. The van der Waals surface area contributed by atoms with Gasteiger partial charge in [-0.1, -0.05) is 31.5 Å². The summed E-state index contributed by atoms with van der Waals surface area (Å²) >= 11 is 5.99. The number of ether oxygens (including phenoxy) is 1. The highest BCUT2D eigenvalue weighted by Crippen LogP contribution is 2.24. The second-order valence-corrected chi connectivity index (χ2v) is 6.20. The molecule has 0 heterocycles. The standard InChI is InChI=1S/C15H21ClO2/c1-10(2)13-9-12(16)7-6-11(13)8-14(17)18-15(3,4)5/h6-7,9-10H,8H2,1-5H3.